The van der Waals surface area contributed by atoms with Gasteiger partial charge in [0.05, 0.1) is 11.4 Å². The van der Waals surface area contributed by atoms with Gasteiger partial charge in [0.25, 0.3) is 5.91 Å². The Morgan fingerprint density at radius 2 is 1.62 bits per heavy atom. The number of carbonyl (C=O) groups is 1. The fourth-order valence-corrected chi connectivity index (χ4v) is 3.97. The summed E-state index contributed by atoms with van der Waals surface area (Å²) in [6.07, 6.45) is 0. The van der Waals surface area contributed by atoms with Crippen LogP contribution in [-0.4, -0.2) is 66.0 Å². The highest BCUT2D eigenvalue weighted by Crippen LogP contribution is 2.31. The summed E-state index contributed by atoms with van der Waals surface area (Å²) < 4.78 is 0. The number of benzene rings is 1. The van der Waals surface area contributed by atoms with Crippen molar-refractivity contribution in [3.8, 4) is 11.3 Å². The van der Waals surface area contributed by atoms with Crippen molar-refractivity contribution in [1.82, 2.24) is 14.8 Å². The molecule has 0 unspecified atom stereocenters. The number of rotatable bonds is 5. The van der Waals surface area contributed by atoms with Crippen LogP contribution in [0.2, 0.25) is 0 Å². The molecule has 1 aliphatic heterocycles. The van der Waals surface area contributed by atoms with E-state index in [0.29, 0.717) is 16.9 Å². The molecule has 1 fully saturated rings. The topological polar surface area (TPSA) is 65.7 Å². The summed E-state index contributed by atoms with van der Waals surface area (Å²) in [4.78, 5) is 24.8. The lowest BCUT2D eigenvalue weighted by Gasteiger charge is -2.33. The molecule has 2 aromatic rings. The monoisotopic (exact) mass is 395 g/mol. The van der Waals surface area contributed by atoms with E-state index in [4.69, 9.17) is 10.7 Å². The molecular weight excluding hydrogens is 362 g/mol. The number of nitrogen functional groups attached to an aromatic ring is 1. The van der Waals surface area contributed by atoms with Gasteiger partial charge in [-0.1, -0.05) is 18.2 Å². The van der Waals surface area contributed by atoms with E-state index in [2.05, 4.69) is 16.8 Å². The highest BCUT2D eigenvalue weighted by molar-refractivity contribution is 6.02. The summed E-state index contributed by atoms with van der Waals surface area (Å²) in [6.45, 7) is 12.1. The van der Waals surface area contributed by atoms with E-state index in [-0.39, 0.29) is 18.0 Å². The molecule has 156 valence electrons. The van der Waals surface area contributed by atoms with Crippen molar-refractivity contribution in [1.29, 1.82) is 0 Å². The Hall–Kier alpha value is -2.60. The maximum atomic E-state index is 13.4. The summed E-state index contributed by atoms with van der Waals surface area (Å²) in [7, 11) is 2.14. The van der Waals surface area contributed by atoms with Gasteiger partial charge < -0.3 is 20.4 Å². The van der Waals surface area contributed by atoms with Crippen molar-refractivity contribution in [2.24, 2.45) is 0 Å². The first-order valence-corrected chi connectivity index (χ1v) is 10.4. The SMILES string of the molecule is CC(C)N(C(=O)c1ccccc1-c1nc(N2CCN(C)CC2)ccc1N)C(C)C. The molecule has 1 aromatic heterocycles. The number of pyridine rings is 1. The molecule has 2 N–H and O–H groups in total. The Bertz CT molecular complexity index is 848. The molecule has 6 nitrogen and oxygen atoms in total. The summed E-state index contributed by atoms with van der Waals surface area (Å²) in [5.74, 6) is 0.922. The molecule has 0 aliphatic carbocycles. The second-order valence-corrected chi connectivity index (χ2v) is 8.34. The molecule has 0 saturated carbocycles. The molecule has 2 heterocycles. The number of likely N-dealkylation sites (N-methyl/N-ethyl adjacent to an activating group) is 1. The average Bonchev–Trinajstić information content (AvgIpc) is 2.68. The van der Waals surface area contributed by atoms with E-state index >= 15 is 0 Å². The molecule has 0 spiro atoms. The van der Waals surface area contributed by atoms with E-state index in [9.17, 15) is 4.79 Å². The van der Waals surface area contributed by atoms with Gasteiger partial charge in [0.2, 0.25) is 0 Å². The third-order valence-corrected chi connectivity index (χ3v) is 5.50. The maximum Gasteiger partial charge on any atom is 0.255 e. The number of piperazine rings is 1. The Morgan fingerprint density at radius 1 is 1.00 bits per heavy atom. The quantitative estimate of drug-likeness (QED) is 0.841. The minimum Gasteiger partial charge on any atom is -0.397 e. The van der Waals surface area contributed by atoms with E-state index in [1.807, 2.05) is 69.0 Å². The summed E-state index contributed by atoms with van der Waals surface area (Å²) in [6, 6.07) is 11.7. The fraction of sp³-hybridized carbons (Fsp3) is 0.478. The second-order valence-electron chi connectivity index (χ2n) is 8.34. The molecule has 6 heteroatoms. The number of carbonyl (C=O) groups excluding carboxylic acids is 1. The molecule has 1 aliphatic rings. The highest BCUT2D eigenvalue weighted by atomic mass is 16.2. The fourth-order valence-electron chi connectivity index (χ4n) is 3.97. The number of aromatic nitrogens is 1. The largest absolute Gasteiger partial charge is 0.397 e. The smallest absolute Gasteiger partial charge is 0.255 e. The number of hydrogen-bond donors (Lipinski definition) is 1. The van der Waals surface area contributed by atoms with Gasteiger partial charge in [-0.05, 0) is 52.9 Å². The lowest BCUT2D eigenvalue weighted by atomic mass is 10.0. The summed E-state index contributed by atoms with van der Waals surface area (Å²) in [5.41, 5.74) is 9.02. The van der Waals surface area contributed by atoms with Crippen LogP contribution in [0.5, 0.6) is 0 Å². The van der Waals surface area contributed by atoms with E-state index in [0.717, 1.165) is 37.6 Å². The van der Waals surface area contributed by atoms with Crippen LogP contribution >= 0.6 is 0 Å². The first kappa shape index (κ1) is 21.1. The highest BCUT2D eigenvalue weighted by Gasteiger charge is 2.25. The van der Waals surface area contributed by atoms with Gasteiger partial charge >= 0.3 is 0 Å². The van der Waals surface area contributed by atoms with Gasteiger partial charge in [0, 0.05) is 49.4 Å². The van der Waals surface area contributed by atoms with Crippen molar-refractivity contribution in [3.63, 3.8) is 0 Å². The molecule has 1 aromatic carbocycles. The molecule has 0 atom stereocenters. The number of nitrogens with zero attached hydrogens (tertiary/aromatic N) is 4. The van der Waals surface area contributed by atoms with E-state index < -0.39 is 0 Å². The zero-order valence-corrected chi connectivity index (χ0v) is 18.2. The first-order chi connectivity index (χ1) is 13.8. The standard InChI is InChI=1S/C23H33N5O/c1-16(2)28(17(3)4)23(29)19-9-7-6-8-18(19)22-20(24)10-11-21(25-22)27-14-12-26(5)13-15-27/h6-11,16-17H,12-15,24H2,1-5H3. The van der Waals surface area contributed by atoms with Crippen molar-refractivity contribution < 1.29 is 4.79 Å². The van der Waals surface area contributed by atoms with Gasteiger partial charge in [-0.25, -0.2) is 4.98 Å². The number of nitrogens with two attached hydrogens (primary N) is 1. The van der Waals surface area contributed by atoms with Crippen LogP contribution in [0.25, 0.3) is 11.3 Å². The Kier molecular flexibility index (Phi) is 6.42. The molecule has 0 bridgehead atoms. The maximum absolute atomic E-state index is 13.4. The number of hydrogen-bond acceptors (Lipinski definition) is 5. The van der Waals surface area contributed by atoms with Crippen LogP contribution < -0.4 is 10.6 Å². The van der Waals surface area contributed by atoms with Crippen LogP contribution in [0.1, 0.15) is 38.1 Å². The zero-order chi connectivity index (χ0) is 21.1. The predicted octanol–water partition coefficient (Wildman–Crippen LogP) is 3.34. The van der Waals surface area contributed by atoms with Crippen molar-refractivity contribution in [2.75, 3.05) is 43.9 Å². The predicted molar refractivity (Wildman–Crippen MR) is 120 cm³/mol. The minimum atomic E-state index is 0.0109. The number of amides is 1. The van der Waals surface area contributed by atoms with Crippen LogP contribution in [0.15, 0.2) is 36.4 Å². The summed E-state index contributed by atoms with van der Waals surface area (Å²) in [5, 5.41) is 0. The molecule has 29 heavy (non-hydrogen) atoms. The van der Waals surface area contributed by atoms with Crippen LogP contribution in [0, 0.1) is 0 Å². The van der Waals surface area contributed by atoms with Crippen molar-refractivity contribution in [2.45, 2.75) is 39.8 Å². The van der Waals surface area contributed by atoms with Crippen molar-refractivity contribution >= 4 is 17.4 Å². The third kappa shape index (κ3) is 4.53. The van der Waals surface area contributed by atoms with Crippen LogP contribution in [-0.2, 0) is 0 Å². The van der Waals surface area contributed by atoms with Gasteiger partial charge in [0.15, 0.2) is 0 Å². The molecule has 3 rings (SSSR count). The molecule has 1 saturated heterocycles. The Labute approximate surface area is 174 Å². The third-order valence-electron chi connectivity index (χ3n) is 5.50. The number of anilines is 2. The van der Waals surface area contributed by atoms with Gasteiger partial charge in [0.1, 0.15) is 5.82 Å². The van der Waals surface area contributed by atoms with Gasteiger partial charge in [-0.2, -0.15) is 0 Å². The zero-order valence-electron chi connectivity index (χ0n) is 18.2. The average molecular weight is 396 g/mol. The Morgan fingerprint density at radius 3 is 2.24 bits per heavy atom. The van der Waals surface area contributed by atoms with Crippen molar-refractivity contribution in [3.05, 3.63) is 42.0 Å². The summed E-state index contributed by atoms with van der Waals surface area (Å²) >= 11 is 0. The molecular formula is C23H33N5O. The minimum absolute atomic E-state index is 0.0109. The Balaban J connectivity index is 2.01. The lowest BCUT2D eigenvalue weighted by Crippen LogP contribution is -2.44. The van der Waals surface area contributed by atoms with Crippen LogP contribution in [0.3, 0.4) is 0 Å². The van der Waals surface area contributed by atoms with E-state index in [1.165, 1.54) is 0 Å². The molecule has 1 amide bonds. The van der Waals surface area contributed by atoms with E-state index in [1.54, 1.807) is 0 Å². The lowest BCUT2D eigenvalue weighted by molar-refractivity contribution is 0.0644. The van der Waals surface area contributed by atoms with Gasteiger partial charge in [-0.15, -0.1) is 0 Å². The second kappa shape index (κ2) is 8.82. The normalized spacial score (nSPS) is 15.2. The first-order valence-electron chi connectivity index (χ1n) is 10.4. The van der Waals surface area contributed by atoms with Crippen LogP contribution in [0.4, 0.5) is 11.5 Å². The molecule has 0 radical (unpaired) electrons. The van der Waals surface area contributed by atoms with Gasteiger partial charge in [-0.3, -0.25) is 4.79 Å².